The van der Waals surface area contributed by atoms with E-state index in [0.29, 0.717) is 25.0 Å². The van der Waals surface area contributed by atoms with Crippen molar-refractivity contribution in [3.8, 4) is 0 Å². The second kappa shape index (κ2) is 8.18. The van der Waals surface area contributed by atoms with Gasteiger partial charge in [-0.3, -0.25) is 0 Å². The average molecular weight is 304 g/mol. The summed E-state index contributed by atoms with van der Waals surface area (Å²) < 4.78 is 5.38. The predicted molar refractivity (Wildman–Crippen MR) is 88.5 cm³/mol. The first-order valence-corrected chi connectivity index (χ1v) is 8.26. The summed E-state index contributed by atoms with van der Waals surface area (Å²) >= 11 is 0. The molecule has 1 aromatic rings. The van der Waals surface area contributed by atoms with Crippen LogP contribution in [0.25, 0.3) is 0 Å². The SMILES string of the molecule is CCOCc1ccc(CNC(=O)N2CC(C)CC(C)C2)cc1. The molecule has 1 N–H and O–H groups in total. The van der Waals surface area contributed by atoms with E-state index in [-0.39, 0.29) is 6.03 Å². The number of carbonyl (C=O) groups excluding carboxylic acids is 1. The molecule has 1 aliphatic heterocycles. The Kier molecular flexibility index (Phi) is 6.25. The number of benzene rings is 1. The maximum absolute atomic E-state index is 12.3. The van der Waals surface area contributed by atoms with Crippen molar-refractivity contribution in [1.29, 1.82) is 0 Å². The number of nitrogens with zero attached hydrogens (tertiary/aromatic N) is 1. The normalized spacial score (nSPS) is 21.7. The largest absolute Gasteiger partial charge is 0.377 e. The summed E-state index contributed by atoms with van der Waals surface area (Å²) in [5.41, 5.74) is 2.28. The van der Waals surface area contributed by atoms with Gasteiger partial charge in [0.1, 0.15) is 0 Å². The molecule has 0 spiro atoms. The highest BCUT2D eigenvalue weighted by atomic mass is 16.5. The van der Waals surface area contributed by atoms with Crippen molar-refractivity contribution < 1.29 is 9.53 Å². The van der Waals surface area contributed by atoms with Crippen molar-refractivity contribution >= 4 is 6.03 Å². The Bertz CT molecular complexity index is 462. The van der Waals surface area contributed by atoms with Gasteiger partial charge in [0.25, 0.3) is 0 Å². The van der Waals surface area contributed by atoms with Crippen LogP contribution in [0.1, 0.15) is 38.3 Å². The van der Waals surface area contributed by atoms with Crippen molar-refractivity contribution in [2.24, 2.45) is 11.8 Å². The monoisotopic (exact) mass is 304 g/mol. The summed E-state index contributed by atoms with van der Waals surface area (Å²) in [5.74, 6) is 1.18. The van der Waals surface area contributed by atoms with Crippen LogP contribution in [0.4, 0.5) is 4.79 Å². The van der Waals surface area contributed by atoms with E-state index in [1.165, 1.54) is 6.42 Å². The number of carbonyl (C=O) groups is 1. The molecule has 2 amide bonds. The van der Waals surface area contributed by atoms with E-state index in [1.54, 1.807) is 0 Å². The lowest BCUT2D eigenvalue weighted by Gasteiger charge is -2.34. The van der Waals surface area contributed by atoms with Crippen molar-refractivity contribution in [3.63, 3.8) is 0 Å². The molecule has 4 nitrogen and oxygen atoms in total. The fourth-order valence-corrected chi connectivity index (χ4v) is 3.09. The lowest BCUT2D eigenvalue weighted by Crippen LogP contribution is -2.47. The summed E-state index contributed by atoms with van der Waals surface area (Å²) in [6, 6.07) is 8.27. The smallest absolute Gasteiger partial charge is 0.317 e. The van der Waals surface area contributed by atoms with Gasteiger partial charge in [-0.05, 0) is 36.3 Å². The molecule has 122 valence electrons. The van der Waals surface area contributed by atoms with Gasteiger partial charge in [-0.15, -0.1) is 0 Å². The molecule has 2 atom stereocenters. The van der Waals surface area contributed by atoms with Crippen LogP contribution in [0.3, 0.4) is 0 Å². The zero-order valence-electron chi connectivity index (χ0n) is 14.0. The number of hydrogen-bond acceptors (Lipinski definition) is 2. The first-order chi connectivity index (χ1) is 10.6. The molecular weight excluding hydrogens is 276 g/mol. The van der Waals surface area contributed by atoms with Crippen LogP contribution < -0.4 is 5.32 Å². The molecule has 1 saturated heterocycles. The summed E-state index contributed by atoms with van der Waals surface area (Å²) in [4.78, 5) is 14.2. The van der Waals surface area contributed by atoms with Gasteiger partial charge in [-0.2, -0.15) is 0 Å². The third-order valence-corrected chi connectivity index (χ3v) is 4.10. The number of piperidine rings is 1. The molecule has 1 fully saturated rings. The number of rotatable bonds is 5. The van der Waals surface area contributed by atoms with Crippen molar-refractivity contribution in [2.45, 2.75) is 40.3 Å². The molecule has 1 heterocycles. The Morgan fingerprint density at radius 1 is 1.18 bits per heavy atom. The lowest BCUT2D eigenvalue weighted by molar-refractivity contribution is 0.134. The van der Waals surface area contributed by atoms with Gasteiger partial charge >= 0.3 is 6.03 Å². The molecule has 2 rings (SSSR count). The molecule has 22 heavy (non-hydrogen) atoms. The van der Waals surface area contributed by atoms with Crippen LogP contribution in [0.15, 0.2) is 24.3 Å². The quantitative estimate of drug-likeness (QED) is 0.905. The first kappa shape index (κ1) is 16.8. The second-order valence-corrected chi connectivity index (χ2v) is 6.46. The Morgan fingerprint density at radius 3 is 2.36 bits per heavy atom. The summed E-state index contributed by atoms with van der Waals surface area (Å²) in [5, 5.41) is 3.03. The number of amides is 2. The molecule has 1 aliphatic rings. The first-order valence-electron chi connectivity index (χ1n) is 8.26. The van der Waals surface area contributed by atoms with Gasteiger partial charge in [-0.1, -0.05) is 38.1 Å². The Hall–Kier alpha value is -1.55. The highest BCUT2D eigenvalue weighted by molar-refractivity contribution is 5.74. The maximum atomic E-state index is 12.3. The summed E-state index contributed by atoms with van der Waals surface area (Å²) in [6.07, 6.45) is 1.21. The van der Waals surface area contributed by atoms with Crippen LogP contribution in [0, 0.1) is 11.8 Å². The summed E-state index contributed by atoms with van der Waals surface area (Å²) in [6.45, 7) is 10.1. The molecular formula is C18H28N2O2. The van der Waals surface area contributed by atoms with Crippen molar-refractivity contribution in [1.82, 2.24) is 10.2 Å². The molecule has 0 aromatic heterocycles. The zero-order chi connectivity index (χ0) is 15.9. The molecule has 4 heteroatoms. The summed E-state index contributed by atoms with van der Waals surface area (Å²) in [7, 11) is 0. The number of ether oxygens (including phenoxy) is 1. The van der Waals surface area contributed by atoms with Crippen LogP contribution in [0.5, 0.6) is 0 Å². The van der Waals surface area contributed by atoms with E-state index in [9.17, 15) is 4.79 Å². The Balaban J connectivity index is 1.80. The van der Waals surface area contributed by atoms with Crippen LogP contribution in [-0.2, 0) is 17.9 Å². The molecule has 0 radical (unpaired) electrons. The van der Waals surface area contributed by atoms with Gasteiger partial charge in [-0.25, -0.2) is 4.79 Å². The minimum Gasteiger partial charge on any atom is -0.377 e. The lowest BCUT2D eigenvalue weighted by atomic mass is 9.92. The van der Waals surface area contributed by atoms with Gasteiger partial charge in [0.2, 0.25) is 0 Å². The number of hydrogen-bond donors (Lipinski definition) is 1. The van der Waals surface area contributed by atoms with E-state index >= 15 is 0 Å². The van der Waals surface area contributed by atoms with Crippen LogP contribution >= 0.6 is 0 Å². The van der Waals surface area contributed by atoms with Gasteiger partial charge < -0.3 is 15.0 Å². The van der Waals surface area contributed by atoms with Gasteiger partial charge in [0.15, 0.2) is 0 Å². The van der Waals surface area contributed by atoms with Gasteiger partial charge in [0, 0.05) is 26.2 Å². The molecule has 0 saturated carbocycles. The van der Waals surface area contributed by atoms with Crippen LogP contribution in [-0.4, -0.2) is 30.6 Å². The number of likely N-dealkylation sites (tertiary alicyclic amines) is 1. The number of nitrogens with one attached hydrogen (secondary N) is 1. The fourth-order valence-electron chi connectivity index (χ4n) is 3.09. The maximum Gasteiger partial charge on any atom is 0.317 e. The zero-order valence-corrected chi connectivity index (χ0v) is 14.0. The standard InChI is InChI=1S/C18H28N2O2/c1-4-22-13-17-7-5-16(6-8-17)10-19-18(21)20-11-14(2)9-15(3)12-20/h5-8,14-15H,4,9-13H2,1-3H3,(H,19,21). The Morgan fingerprint density at radius 2 is 1.77 bits per heavy atom. The molecule has 1 aromatic carbocycles. The Labute approximate surface area is 133 Å². The van der Waals surface area contributed by atoms with E-state index in [0.717, 1.165) is 30.8 Å². The number of urea groups is 1. The third kappa shape index (κ3) is 5.02. The fraction of sp³-hybridized carbons (Fsp3) is 0.611. The topological polar surface area (TPSA) is 41.6 Å². The van der Waals surface area contributed by atoms with E-state index in [2.05, 4.69) is 43.4 Å². The van der Waals surface area contributed by atoms with Crippen molar-refractivity contribution in [3.05, 3.63) is 35.4 Å². The second-order valence-electron chi connectivity index (χ2n) is 6.46. The van der Waals surface area contributed by atoms with Gasteiger partial charge in [0.05, 0.1) is 6.61 Å². The highest BCUT2D eigenvalue weighted by Gasteiger charge is 2.24. The molecule has 0 aliphatic carbocycles. The van der Waals surface area contributed by atoms with Crippen molar-refractivity contribution in [2.75, 3.05) is 19.7 Å². The van der Waals surface area contributed by atoms with E-state index < -0.39 is 0 Å². The van der Waals surface area contributed by atoms with Crippen LogP contribution in [0.2, 0.25) is 0 Å². The van der Waals surface area contributed by atoms with E-state index in [4.69, 9.17) is 4.74 Å². The van der Waals surface area contributed by atoms with E-state index in [1.807, 2.05) is 11.8 Å². The minimum atomic E-state index is 0.0526. The average Bonchev–Trinajstić information content (AvgIpc) is 2.50. The molecule has 2 unspecified atom stereocenters. The minimum absolute atomic E-state index is 0.0526. The predicted octanol–water partition coefficient (Wildman–Crippen LogP) is 3.41. The highest BCUT2D eigenvalue weighted by Crippen LogP contribution is 2.20. The molecule has 0 bridgehead atoms. The third-order valence-electron chi connectivity index (χ3n) is 4.10.